The van der Waals surface area contributed by atoms with Crippen LogP contribution in [-0.4, -0.2) is 44.1 Å². The minimum atomic E-state index is -0.526. The third kappa shape index (κ3) is 3.78. The molecule has 0 aliphatic heterocycles. The van der Waals surface area contributed by atoms with E-state index in [0.717, 1.165) is 31.3 Å². The van der Waals surface area contributed by atoms with Crippen molar-refractivity contribution < 1.29 is 28.6 Å². The van der Waals surface area contributed by atoms with Crippen LogP contribution in [0.15, 0.2) is 22.8 Å². The molecule has 1 unspecified atom stereocenters. The van der Waals surface area contributed by atoms with E-state index in [9.17, 15) is 14.4 Å². The van der Waals surface area contributed by atoms with Gasteiger partial charge in [-0.3, -0.25) is 14.4 Å². The van der Waals surface area contributed by atoms with Crippen molar-refractivity contribution in [1.29, 1.82) is 0 Å². The van der Waals surface area contributed by atoms with Crippen LogP contribution in [0.4, 0.5) is 0 Å². The predicted molar refractivity (Wildman–Crippen MR) is 119 cm³/mol. The van der Waals surface area contributed by atoms with Crippen molar-refractivity contribution in [2.75, 3.05) is 20.5 Å². The topological polar surface area (TPSA) is 78.9 Å². The zero-order valence-electron chi connectivity index (χ0n) is 19.3. The van der Waals surface area contributed by atoms with Crippen molar-refractivity contribution in [3.05, 3.63) is 22.8 Å². The lowest BCUT2D eigenvalue weighted by atomic mass is 9.48. The molecular formula is C25H33ClO6. The average molecular weight is 465 g/mol. The minimum Gasteiger partial charge on any atom is -0.458 e. The molecule has 0 heterocycles. The molecule has 32 heavy (non-hydrogen) atoms. The maximum absolute atomic E-state index is 12.9. The molecule has 7 atom stereocenters. The lowest BCUT2D eigenvalue weighted by Gasteiger charge is -2.56. The summed E-state index contributed by atoms with van der Waals surface area (Å²) in [6.07, 6.45) is 7.53. The molecule has 176 valence electrons. The highest BCUT2D eigenvalue weighted by molar-refractivity contribution is 6.32. The van der Waals surface area contributed by atoms with Crippen LogP contribution in [0.2, 0.25) is 0 Å². The molecule has 6 nitrogen and oxygen atoms in total. The van der Waals surface area contributed by atoms with E-state index in [1.54, 1.807) is 13.2 Å². The Hall–Kier alpha value is -1.50. The lowest BCUT2D eigenvalue weighted by molar-refractivity contribution is -0.149. The Bertz CT molecular complexity index is 878. The fourth-order valence-corrected chi connectivity index (χ4v) is 7.63. The first-order valence-electron chi connectivity index (χ1n) is 11.5. The number of ketones is 2. The minimum absolute atomic E-state index is 0.0256. The van der Waals surface area contributed by atoms with E-state index in [1.807, 2.05) is 0 Å². The summed E-state index contributed by atoms with van der Waals surface area (Å²) in [6.45, 7) is 5.71. The van der Waals surface area contributed by atoms with Crippen LogP contribution >= 0.6 is 11.6 Å². The van der Waals surface area contributed by atoms with Gasteiger partial charge in [0.1, 0.15) is 19.5 Å². The number of fused-ring (bicyclic) bond motifs is 5. The maximum atomic E-state index is 12.9. The number of rotatable bonds is 6. The normalized spacial score (nSPS) is 40.5. The summed E-state index contributed by atoms with van der Waals surface area (Å²) >= 11 is 6.79. The van der Waals surface area contributed by atoms with Gasteiger partial charge in [0.05, 0.1) is 0 Å². The van der Waals surface area contributed by atoms with Gasteiger partial charge in [-0.1, -0.05) is 31.5 Å². The molecule has 0 spiro atoms. The van der Waals surface area contributed by atoms with Crippen LogP contribution < -0.4 is 0 Å². The van der Waals surface area contributed by atoms with Gasteiger partial charge in [0.2, 0.25) is 0 Å². The van der Waals surface area contributed by atoms with Gasteiger partial charge >= 0.3 is 5.97 Å². The number of methoxy groups -OCH3 is 1. The van der Waals surface area contributed by atoms with Crippen LogP contribution in [0.25, 0.3) is 0 Å². The van der Waals surface area contributed by atoms with Gasteiger partial charge in [0, 0.05) is 30.4 Å². The second-order valence-electron chi connectivity index (χ2n) is 10.4. The summed E-state index contributed by atoms with van der Waals surface area (Å²) in [5, 5.41) is 0.659. The monoisotopic (exact) mass is 464 g/mol. The van der Waals surface area contributed by atoms with Crippen molar-refractivity contribution in [2.24, 2.45) is 34.5 Å². The number of carbonyl (C=O) groups excluding carboxylic acids is 3. The highest BCUT2D eigenvalue weighted by atomic mass is 35.5. The molecule has 0 radical (unpaired) electrons. The summed E-state index contributed by atoms with van der Waals surface area (Å²) in [4.78, 5) is 36.7. The van der Waals surface area contributed by atoms with Crippen LogP contribution in [0, 0.1) is 34.5 Å². The quantitative estimate of drug-likeness (QED) is 0.433. The molecule has 0 N–H and O–H groups in total. The number of carbonyl (C=O) groups is 3. The Morgan fingerprint density at radius 1 is 1.19 bits per heavy atom. The van der Waals surface area contributed by atoms with Gasteiger partial charge in [-0.25, -0.2) is 0 Å². The van der Waals surface area contributed by atoms with Gasteiger partial charge in [-0.15, -0.1) is 0 Å². The molecule has 4 aliphatic carbocycles. The zero-order valence-corrected chi connectivity index (χ0v) is 20.1. The third-order valence-electron chi connectivity index (χ3n) is 8.77. The molecule has 0 saturated heterocycles. The molecule has 0 bridgehead atoms. The molecule has 0 aromatic rings. The molecule has 0 aromatic carbocycles. The molecule has 2 fully saturated rings. The van der Waals surface area contributed by atoms with Crippen LogP contribution in [-0.2, 0) is 28.6 Å². The van der Waals surface area contributed by atoms with E-state index >= 15 is 0 Å². The summed E-state index contributed by atoms with van der Waals surface area (Å²) < 4.78 is 15.8. The Labute approximate surface area is 194 Å². The molecule has 4 rings (SSSR count). The Kier molecular flexibility index (Phi) is 6.43. The summed E-state index contributed by atoms with van der Waals surface area (Å²) in [5.41, 5.74) is 0.524. The van der Waals surface area contributed by atoms with E-state index in [4.69, 9.17) is 25.8 Å². The maximum Gasteiger partial charge on any atom is 0.303 e. The standard InChI is InChI=1S/C25H33ClO6/c1-14(27)31-12-22(29)18-6-5-16-15-9-20(26)19-10-21(28)23(32-13-30-4)11-25(19,3)17(15)7-8-24(16,18)2/h9-10,15-18,23H,5-8,11-13H2,1-4H3/t15-,16-,17-,18+,23?,24-,25+/m0/s1. The van der Waals surface area contributed by atoms with Gasteiger partial charge in [-0.2, -0.15) is 0 Å². The number of allylic oxidation sites excluding steroid dienone is 3. The van der Waals surface area contributed by atoms with Crippen molar-refractivity contribution in [2.45, 2.75) is 59.0 Å². The first kappa shape index (κ1) is 23.7. The molecule has 4 aliphatic rings. The SMILES string of the molecule is COCOC1C[C@@]2(C)C(=CC1=O)C(Cl)=C[C@H]1[C@@H]3CC[C@H](C(=O)COC(C)=O)[C@@]3(C)CC[C@@H]12. The zero-order chi connectivity index (χ0) is 23.3. The second-order valence-corrected chi connectivity index (χ2v) is 10.8. The Balaban J connectivity index is 1.62. The summed E-state index contributed by atoms with van der Waals surface area (Å²) in [6, 6.07) is 0. The van der Waals surface area contributed by atoms with Crippen molar-refractivity contribution in [1.82, 2.24) is 0 Å². The van der Waals surface area contributed by atoms with Crippen LogP contribution in [0.3, 0.4) is 0 Å². The first-order valence-corrected chi connectivity index (χ1v) is 11.9. The fraction of sp³-hybridized carbons (Fsp3) is 0.720. The predicted octanol–water partition coefficient (Wildman–Crippen LogP) is 4.21. The Morgan fingerprint density at radius 3 is 2.62 bits per heavy atom. The van der Waals surface area contributed by atoms with Crippen LogP contribution in [0.5, 0.6) is 0 Å². The Morgan fingerprint density at radius 2 is 1.94 bits per heavy atom. The summed E-state index contributed by atoms with van der Waals surface area (Å²) in [5.74, 6) is 0.346. The van der Waals surface area contributed by atoms with Crippen molar-refractivity contribution in [3.8, 4) is 0 Å². The highest BCUT2D eigenvalue weighted by Crippen LogP contribution is 2.66. The van der Waals surface area contributed by atoms with Gasteiger partial charge in [-0.05, 0) is 66.9 Å². The van der Waals surface area contributed by atoms with Crippen molar-refractivity contribution in [3.63, 3.8) is 0 Å². The number of esters is 1. The van der Waals surface area contributed by atoms with Gasteiger partial charge in [0.25, 0.3) is 0 Å². The molecule has 2 saturated carbocycles. The molecule has 7 heteroatoms. The number of hydrogen-bond donors (Lipinski definition) is 0. The van der Waals surface area contributed by atoms with E-state index in [-0.39, 0.29) is 47.6 Å². The van der Waals surface area contributed by atoms with Crippen molar-refractivity contribution >= 4 is 29.1 Å². The lowest BCUT2D eigenvalue weighted by Crippen LogP contribution is -2.52. The highest BCUT2D eigenvalue weighted by Gasteiger charge is 2.60. The van der Waals surface area contributed by atoms with E-state index in [0.29, 0.717) is 23.3 Å². The first-order chi connectivity index (χ1) is 15.1. The van der Waals surface area contributed by atoms with Gasteiger partial charge < -0.3 is 14.2 Å². The summed E-state index contributed by atoms with van der Waals surface area (Å²) in [7, 11) is 1.55. The largest absolute Gasteiger partial charge is 0.458 e. The van der Waals surface area contributed by atoms with E-state index in [2.05, 4.69) is 19.9 Å². The number of hydrogen-bond acceptors (Lipinski definition) is 6. The number of Topliss-reactive ketones (excluding diaryl/α,β-unsaturated/α-hetero) is 1. The average Bonchev–Trinajstić information content (AvgIpc) is 3.09. The molecule has 0 amide bonds. The van der Waals surface area contributed by atoms with E-state index < -0.39 is 12.1 Å². The van der Waals surface area contributed by atoms with E-state index in [1.165, 1.54) is 6.92 Å². The molecule has 0 aromatic heterocycles. The smallest absolute Gasteiger partial charge is 0.303 e. The van der Waals surface area contributed by atoms with Gasteiger partial charge in [0.15, 0.2) is 11.6 Å². The number of ether oxygens (including phenoxy) is 3. The molecular weight excluding hydrogens is 432 g/mol. The third-order valence-corrected chi connectivity index (χ3v) is 9.10. The second kappa shape index (κ2) is 8.69. The number of halogens is 1. The van der Waals surface area contributed by atoms with Crippen LogP contribution in [0.1, 0.15) is 52.9 Å². The fourth-order valence-electron chi connectivity index (χ4n) is 7.21.